The van der Waals surface area contributed by atoms with Crippen molar-refractivity contribution >= 4 is 31.5 Å². The Hall–Kier alpha value is -0.133. The minimum Gasteiger partial charge on any atom is -0.406 e. The maximum atomic E-state index is 11.2. The Labute approximate surface area is 109 Å². The van der Waals surface area contributed by atoms with Gasteiger partial charge in [-0.3, -0.25) is 4.79 Å². The van der Waals surface area contributed by atoms with Crippen molar-refractivity contribution in [3.8, 4) is 0 Å². The molecule has 0 radical (unpaired) electrons. The molecule has 17 heavy (non-hydrogen) atoms. The molecule has 2 atom stereocenters. The molecule has 3 nitrogen and oxygen atoms in total. The first-order valence-corrected chi connectivity index (χ1v) is 9.79. The monoisotopic (exact) mass is 274 g/mol. The third kappa shape index (κ3) is 3.66. The predicted octanol–water partition coefficient (Wildman–Crippen LogP) is 3.00. The fourth-order valence-electron chi connectivity index (χ4n) is 1.49. The van der Waals surface area contributed by atoms with Crippen LogP contribution in [0.15, 0.2) is 0 Å². The second-order valence-corrected chi connectivity index (χ2v) is 12.1. The number of hydrogen-bond acceptors (Lipinski definition) is 4. The molecule has 0 bridgehead atoms. The van der Waals surface area contributed by atoms with Gasteiger partial charge in [-0.1, -0.05) is 32.5 Å². The summed E-state index contributed by atoms with van der Waals surface area (Å²) >= 11 is 1.28. The zero-order valence-corrected chi connectivity index (χ0v) is 13.1. The standard InChI is InChI=1S/C12H22O3SSi/c1-12(2,3)17(4,5)15-9(8-13)10-6-7-11(14)16-10/h8-10H,6-7H2,1-5H3/t9-,10-/m1/s1. The average Bonchev–Trinajstić information content (AvgIpc) is 2.59. The highest BCUT2D eigenvalue weighted by atomic mass is 32.2. The van der Waals surface area contributed by atoms with Crippen molar-refractivity contribution in [3.05, 3.63) is 0 Å². The van der Waals surface area contributed by atoms with Gasteiger partial charge in [-0.2, -0.15) is 0 Å². The van der Waals surface area contributed by atoms with Crippen LogP contribution >= 0.6 is 11.8 Å². The number of hydrogen-bond donors (Lipinski definition) is 0. The van der Waals surface area contributed by atoms with Gasteiger partial charge in [0.15, 0.2) is 13.4 Å². The van der Waals surface area contributed by atoms with E-state index in [1.807, 2.05) is 0 Å². The largest absolute Gasteiger partial charge is 0.406 e. The topological polar surface area (TPSA) is 43.4 Å². The third-order valence-electron chi connectivity index (χ3n) is 3.65. The zero-order valence-electron chi connectivity index (χ0n) is 11.3. The van der Waals surface area contributed by atoms with Gasteiger partial charge in [0, 0.05) is 11.7 Å². The summed E-state index contributed by atoms with van der Waals surface area (Å²) in [5, 5.41) is 0.288. The van der Waals surface area contributed by atoms with Gasteiger partial charge in [-0.25, -0.2) is 0 Å². The molecule has 1 rings (SSSR count). The van der Waals surface area contributed by atoms with Gasteiger partial charge in [0.05, 0.1) is 0 Å². The Morgan fingerprint density at radius 2 is 2.06 bits per heavy atom. The average molecular weight is 274 g/mol. The molecule has 98 valence electrons. The van der Waals surface area contributed by atoms with Crippen LogP contribution < -0.4 is 0 Å². The molecule has 1 aliphatic heterocycles. The van der Waals surface area contributed by atoms with Crippen molar-refractivity contribution in [2.75, 3.05) is 0 Å². The van der Waals surface area contributed by atoms with E-state index in [2.05, 4.69) is 33.9 Å². The lowest BCUT2D eigenvalue weighted by Crippen LogP contribution is -2.46. The Bertz CT molecular complexity index is 309. The van der Waals surface area contributed by atoms with E-state index in [0.29, 0.717) is 6.42 Å². The van der Waals surface area contributed by atoms with Crippen molar-refractivity contribution in [1.29, 1.82) is 0 Å². The molecule has 0 N–H and O–H groups in total. The van der Waals surface area contributed by atoms with Gasteiger partial charge in [0.2, 0.25) is 0 Å². The molecule has 0 spiro atoms. The first kappa shape index (κ1) is 14.9. The Morgan fingerprint density at radius 1 is 1.47 bits per heavy atom. The number of rotatable bonds is 4. The number of carbonyl (C=O) groups excluding carboxylic acids is 2. The van der Waals surface area contributed by atoms with Crippen LogP contribution in [0.1, 0.15) is 33.6 Å². The Kier molecular flexibility index (Phi) is 4.60. The normalized spacial score (nSPS) is 23.8. The van der Waals surface area contributed by atoms with Gasteiger partial charge in [0.1, 0.15) is 12.4 Å². The SMILES string of the molecule is CC(C)(C)[Si](C)(C)O[C@H](C=O)[C@H]1CCC(=O)S1. The van der Waals surface area contributed by atoms with Gasteiger partial charge < -0.3 is 9.22 Å². The van der Waals surface area contributed by atoms with Crippen LogP contribution in [0.5, 0.6) is 0 Å². The van der Waals surface area contributed by atoms with E-state index in [0.717, 1.165) is 12.7 Å². The molecule has 0 amide bonds. The van der Waals surface area contributed by atoms with Crippen LogP contribution in [0.4, 0.5) is 0 Å². The molecule has 0 saturated carbocycles. The van der Waals surface area contributed by atoms with E-state index in [1.54, 1.807) is 0 Å². The van der Waals surface area contributed by atoms with Gasteiger partial charge >= 0.3 is 0 Å². The van der Waals surface area contributed by atoms with E-state index in [1.165, 1.54) is 11.8 Å². The van der Waals surface area contributed by atoms with Crippen molar-refractivity contribution in [3.63, 3.8) is 0 Å². The first-order chi connectivity index (χ1) is 7.67. The van der Waals surface area contributed by atoms with Gasteiger partial charge in [-0.05, 0) is 24.6 Å². The van der Waals surface area contributed by atoms with Crippen LogP contribution in [0.2, 0.25) is 18.1 Å². The second-order valence-electron chi connectivity index (χ2n) is 6.05. The van der Waals surface area contributed by atoms with Crippen molar-refractivity contribution in [2.45, 2.75) is 63.1 Å². The van der Waals surface area contributed by atoms with Crippen LogP contribution in [0, 0.1) is 0 Å². The molecular weight excluding hydrogens is 252 g/mol. The van der Waals surface area contributed by atoms with E-state index in [-0.39, 0.29) is 15.4 Å². The molecule has 1 aliphatic rings. The molecule has 1 fully saturated rings. The summed E-state index contributed by atoms with van der Waals surface area (Å²) in [5.74, 6) is 0. The smallest absolute Gasteiger partial charge is 0.193 e. The van der Waals surface area contributed by atoms with Gasteiger partial charge in [0.25, 0.3) is 0 Å². The van der Waals surface area contributed by atoms with Crippen LogP contribution in [-0.2, 0) is 14.0 Å². The maximum absolute atomic E-state index is 11.2. The molecule has 5 heteroatoms. The summed E-state index contributed by atoms with van der Waals surface area (Å²) < 4.78 is 6.08. The van der Waals surface area contributed by atoms with Gasteiger partial charge in [-0.15, -0.1) is 0 Å². The minimum absolute atomic E-state index is 0.0223. The van der Waals surface area contributed by atoms with E-state index >= 15 is 0 Å². The summed E-state index contributed by atoms with van der Waals surface area (Å²) in [6.07, 6.45) is 1.78. The summed E-state index contributed by atoms with van der Waals surface area (Å²) in [4.78, 5) is 22.4. The summed E-state index contributed by atoms with van der Waals surface area (Å²) in [6.45, 7) is 10.7. The highest BCUT2D eigenvalue weighted by Crippen LogP contribution is 2.39. The number of thioether (sulfide) groups is 1. The highest BCUT2D eigenvalue weighted by molar-refractivity contribution is 8.14. The summed E-state index contributed by atoms with van der Waals surface area (Å²) in [6, 6.07) is 0. The van der Waals surface area contributed by atoms with Crippen LogP contribution in [0.3, 0.4) is 0 Å². The molecular formula is C12H22O3SSi. The molecule has 0 aromatic carbocycles. The van der Waals surface area contributed by atoms with Crippen molar-refractivity contribution < 1.29 is 14.0 Å². The molecule has 0 unspecified atom stereocenters. The Morgan fingerprint density at radius 3 is 2.41 bits per heavy atom. The fraction of sp³-hybridized carbons (Fsp3) is 0.833. The quantitative estimate of drug-likeness (QED) is 0.584. The lowest BCUT2D eigenvalue weighted by molar-refractivity contribution is -0.114. The lowest BCUT2D eigenvalue weighted by Gasteiger charge is -2.39. The van der Waals surface area contributed by atoms with Crippen molar-refractivity contribution in [2.24, 2.45) is 0 Å². The van der Waals surface area contributed by atoms with Crippen molar-refractivity contribution in [1.82, 2.24) is 0 Å². The minimum atomic E-state index is -1.93. The van der Waals surface area contributed by atoms with Crippen LogP contribution in [-0.4, -0.2) is 31.1 Å². The first-order valence-electron chi connectivity index (χ1n) is 6.00. The molecule has 0 aliphatic carbocycles. The molecule has 1 heterocycles. The van der Waals surface area contributed by atoms with E-state index in [9.17, 15) is 9.59 Å². The number of carbonyl (C=O) groups is 2. The van der Waals surface area contributed by atoms with Crippen LogP contribution in [0.25, 0.3) is 0 Å². The molecule has 1 saturated heterocycles. The third-order valence-corrected chi connectivity index (χ3v) is 9.40. The van der Waals surface area contributed by atoms with E-state index < -0.39 is 14.4 Å². The zero-order chi connectivity index (χ0) is 13.3. The maximum Gasteiger partial charge on any atom is 0.193 e. The molecule has 0 aromatic rings. The lowest BCUT2D eigenvalue weighted by atomic mass is 10.2. The molecule has 0 aromatic heterocycles. The summed E-state index contributed by atoms with van der Waals surface area (Å²) in [7, 11) is -1.93. The second kappa shape index (κ2) is 5.24. The summed E-state index contributed by atoms with van der Waals surface area (Å²) in [5.41, 5.74) is 0. The predicted molar refractivity (Wildman–Crippen MR) is 73.8 cm³/mol. The number of aldehydes is 1. The fourth-order valence-corrected chi connectivity index (χ4v) is 3.90. The highest BCUT2D eigenvalue weighted by Gasteiger charge is 2.42. The van der Waals surface area contributed by atoms with E-state index in [4.69, 9.17) is 4.43 Å². The Balaban J connectivity index is 2.70.